The van der Waals surface area contributed by atoms with Crippen LogP contribution in [0.2, 0.25) is 0 Å². The van der Waals surface area contributed by atoms with Gasteiger partial charge in [-0.3, -0.25) is 9.99 Å². The molecular formula is C19H17F3N4. The molecule has 2 aromatic rings. The molecule has 134 valence electrons. The number of nitrogens with one attached hydrogen (secondary N) is 1. The average molecular weight is 358 g/mol. The predicted molar refractivity (Wildman–Crippen MR) is 93.5 cm³/mol. The molecule has 1 aromatic carbocycles. The van der Waals surface area contributed by atoms with Crippen LogP contribution >= 0.6 is 0 Å². The maximum Gasteiger partial charge on any atom is 0.416 e. The maximum absolute atomic E-state index is 12.8. The zero-order valence-electron chi connectivity index (χ0n) is 14.0. The van der Waals surface area contributed by atoms with Crippen molar-refractivity contribution in [3.05, 3.63) is 78.0 Å². The molecule has 1 atom stereocenters. The third-order valence-electron chi connectivity index (χ3n) is 4.56. The summed E-state index contributed by atoms with van der Waals surface area (Å²) in [6, 6.07) is 9.26. The van der Waals surface area contributed by atoms with Gasteiger partial charge in [0.25, 0.3) is 0 Å². The Morgan fingerprint density at radius 1 is 1.15 bits per heavy atom. The first-order valence-corrected chi connectivity index (χ1v) is 8.25. The summed E-state index contributed by atoms with van der Waals surface area (Å²) < 4.78 is 38.4. The fourth-order valence-electron chi connectivity index (χ4n) is 3.25. The Bertz CT molecular complexity index is 857. The molecular weight excluding hydrogens is 341 g/mol. The van der Waals surface area contributed by atoms with Crippen LogP contribution in [0, 0.1) is 0 Å². The van der Waals surface area contributed by atoms with Crippen molar-refractivity contribution in [1.82, 2.24) is 15.4 Å². The minimum absolute atomic E-state index is 0.141. The van der Waals surface area contributed by atoms with Crippen LogP contribution in [0.4, 0.5) is 18.9 Å². The molecule has 0 radical (unpaired) electrons. The van der Waals surface area contributed by atoms with Crippen LogP contribution in [0.3, 0.4) is 0 Å². The van der Waals surface area contributed by atoms with Crippen molar-refractivity contribution < 1.29 is 13.2 Å². The van der Waals surface area contributed by atoms with Gasteiger partial charge >= 0.3 is 6.18 Å². The van der Waals surface area contributed by atoms with Crippen LogP contribution in [-0.4, -0.2) is 22.6 Å². The number of aromatic nitrogens is 1. The number of rotatable bonds is 2. The van der Waals surface area contributed by atoms with Gasteiger partial charge in [0.2, 0.25) is 0 Å². The Morgan fingerprint density at radius 3 is 2.58 bits per heavy atom. The molecule has 4 rings (SSSR count). The number of alkyl halides is 3. The van der Waals surface area contributed by atoms with Gasteiger partial charge in [-0.15, -0.1) is 0 Å². The van der Waals surface area contributed by atoms with Crippen LogP contribution in [0.5, 0.6) is 0 Å². The largest absolute Gasteiger partial charge is 0.416 e. The van der Waals surface area contributed by atoms with Gasteiger partial charge in [0, 0.05) is 48.2 Å². The van der Waals surface area contributed by atoms with Crippen LogP contribution in [0.1, 0.15) is 18.1 Å². The Kier molecular flexibility index (Phi) is 3.86. The molecule has 0 fully saturated rings. The molecule has 26 heavy (non-hydrogen) atoms. The van der Waals surface area contributed by atoms with E-state index >= 15 is 0 Å². The Labute approximate surface area is 149 Å². The number of hydrogen-bond acceptors (Lipinski definition) is 4. The first-order chi connectivity index (χ1) is 12.4. The average Bonchev–Trinajstić information content (AvgIpc) is 3.06. The quantitative estimate of drug-likeness (QED) is 0.879. The standard InChI is InChI=1S/C19H17F3N4/c1-13-11-25(16-6-4-15(5-7-16)19(20,21)22)12-18-17(10-24-26(13)18)14-3-2-8-23-9-14/h2-10,12-13,24H,11H2,1H3/t13-/m0/s1. The van der Waals surface area contributed by atoms with Gasteiger partial charge in [-0.05, 0) is 37.3 Å². The normalized spacial score (nSPS) is 19.6. The number of allylic oxidation sites excluding steroid dienone is 1. The molecule has 1 aromatic heterocycles. The van der Waals surface area contributed by atoms with E-state index in [0.717, 1.165) is 34.7 Å². The van der Waals surface area contributed by atoms with E-state index in [0.29, 0.717) is 6.54 Å². The van der Waals surface area contributed by atoms with E-state index in [2.05, 4.69) is 22.3 Å². The summed E-state index contributed by atoms with van der Waals surface area (Å²) in [4.78, 5) is 6.14. The highest BCUT2D eigenvalue weighted by atomic mass is 19.4. The zero-order valence-corrected chi connectivity index (χ0v) is 14.0. The SMILES string of the molecule is C[C@H]1CN(c2ccc(C(F)(F)F)cc2)C=C2C(c3cccnc3)=CNN21. The van der Waals surface area contributed by atoms with Gasteiger partial charge < -0.3 is 10.3 Å². The third-order valence-corrected chi connectivity index (χ3v) is 4.56. The molecule has 0 aliphatic carbocycles. The van der Waals surface area contributed by atoms with Crippen molar-refractivity contribution >= 4 is 11.3 Å². The topological polar surface area (TPSA) is 31.4 Å². The minimum Gasteiger partial charge on any atom is -0.344 e. The molecule has 0 amide bonds. The Morgan fingerprint density at radius 2 is 1.92 bits per heavy atom. The van der Waals surface area contributed by atoms with E-state index in [1.54, 1.807) is 12.4 Å². The van der Waals surface area contributed by atoms with E-state index < -0.39 is 11.7 Å². The molecule has 0 spiro atoms. The highest BCUT2D eigenvalue weighted by molar-refractivity contribution is 5.80. The molecule has 0 bridgehead atoms. The van der Waals surface area contributed by atoms with E-state index in [1.165, 1.54) is 12.1 Å². The van der Waals surface area contributed by atoms with E-state index in [-0.39, 0.29) is 6.04 Å². The second kappa shape index (κ2) is 6.09. The van der Waals surface area contributed by atoms with E-state index in [4.69, 9.17) is 0 Å². The summed E-state index contributed by atoms with van der Waals surface area (Å²) in [5, 5.41) is 2.06. The van der Waals surface area contributed by atoms with Gasteiger partial charge in [-0.1, -0.05) is 6.07 Å². The lowest BCUT2D eigenvalue weighted by molar-refractivity contribution is -0.137. The smallest absolute Gasteiger partial charge is 0.344 e. The lowest BCUT2D eigenvalue weighted by Crippen LogP contribution is -2.47. The minimum atomic E-state index is -4.32. The summed E-state index contributed by atoms with van der Waals surface area (Å²) in [7, 11) is 0. The van der Waals surface area contributed by atoms with Crippen molar-refractivity contribution in [2.75, 3.05) is 11.4 Å². The van der Waals surface area contributed by atoms with Crippen molar-refractivity contribution in [2.45, 2.75) is 19.1 Å². The second-order valence-electron chi connectivity index (χ2n) is 6.36. The third kappa shape index (κ3) is 2.89. The summed E-state index contributed by atoms with van der Waals surface area (Å²) in [5.41, 5.74) is 6.30. The number of benzene rings is 1. The molecule has 1 N–H and O–H groups in total. The van der Waals surface area contributed by atoms with Crippen LogP contribution in [0.25, 0.3) is 5.57 Å². The summed E-state index contributed by atoms with van der Waals surface area (Å²) in [5.74, 6) is 0. The van der Waals surface area contributed by atoms with Gasteiger partial charge in [-0.2, -0.15) is 13.2 Å². The first kappa shape index (κ1) is 16.5. The molecule has 7 heteroatoms. The molecule has 2 aliphatic rings. The summed E-state index contributed by atoms with van der Waals surface area (Å²) in [6.45, 7) is 2.73. The maximum atomic E-state index is 12.8. The van der Waals surface area contributed by atoms with Crippen molar-refractivity contribution in [2.24, 2.45) is 0 Å². The number of pyridine rings is 1. The number of hydrogen-bond donors (Lipinski definition) is 1. The van der Waals surface area contributed by atoms with E-state index in [1.807, 2.05) is 29.4 Å². The molecule has 0 saturated carbocycles. The molecule has 0 unspecified atom stereocenters. The van der Waals surface area contributed by atoms with Crippen molar-refractivity contribution in [3.8, 4) is 0 Å². The molecule has 3 heterocycles. The lowest BCUT2D eigenvalue weighted by Gasteiger charge is -2.38. The number of halogens is 3. The van der Waals surface area contributed by atoms with Gasteiger partial charge in [-0.25, -0.2) is 0 Å². The number of nitrogens with zero attached hydrogens (tertiary/aromatic N) is 3. The van der Waals surface area contributed by atoms with Crippen molar-refractivity contribution in [1.29, 1.82) is 0 Å². The summed E-state index contributed by atoms with van der Waals surface area (Å²) in [6.07, 6.45) is 3.07. The lowest BCUT2D eigenvalue weighted by atomic mass is 10.0. The zero-order chi connectivity index (χ0) is 18.3. The van der Waals surface area contributed by atoms with Gasteiger partial charge in [0.15, 0.2) is 0 Å². The fraction of sp³-hybridized carbons (Fsp3) is 0.211. The van der Waals surface area contributed by atoms with Gasteiger partial charge in [0.05, 0.1) is 17.3 Å². The fourth-order valence-corrected chi connectivity index (χ4v) is 3.25. The van der Waals surface area contributed by atoms with Crippen LogP contribution < -0.4 is 10.3 Å². The monoisotopic (exact) mass is 358 g/mol. The molecule has 4 nitrogen and oxygen atoms in total. The molecule has 2 aliphatic heterocycles. The van der Waals surface area contributed by atoms with Gasteiger partial charge in [0.1, 0.15) is 0 Å². The Hall–Kier alpha value is -2.96. The van der Waals surface area contributed by atoms with E-state index in [9.17, 15) is 13.2 Å². The number of anilines is 1. The Balaban J connectivity index is 1.66. The highest BCUT2D eigenvalue weighted by Crippen LogP contribution is 2.35. The number of fused-ring (bicyclic) bond motifs is 1. The van der Waals surface area contributed by atoms with Crippen LogP contribution in [-0.2, 0) is 6.18 Å². The summed E-state index contributed by atoms with van der Waals surface area (Å²) >= 11 is 0. The first-order valence-electron chi connectivity index (χ1n) is 8.25. The highest BCUT2D eigenvalue weighted by Gasteiger charge is 2.33. The number of hydrazine groups is 1. The van der Waals surface area contributed by atoms with Crippen molar-refractivity contribution in [3.63, 3.8) is 0 Å². The molecule has 0 saturated heterocycles. The predicted octanol–water partition coefficient (Wildman–Crippen LogP) is 4.01. The second-order valence-corrected chi connectivity index (χ2v) is 6.36. The van der Waals surface area contributed by atoms with Crippen LogP contribution in [0.15, 0.2) is 66.9 Å².